The monoisotopic (exact) mass is 246 g/mol. The van der Waals surface area contributed by atoms with Crippen LogP contribution in [0.15, 0.2) is 0 Å². The molecule has 0 saturated carbocycles. The average molecular weight is 247 g/mol. The summed E-state index contributed by atoms with van der Waals surface area (Å²) in [6.45, 7) is 19.3. The highest BCUT2D eigenvalue weighted by Crippen LogP contribution is 1.83. The predicted molar refractivity (Wildman–Crippen MR) is 83.0 cm³/mol. The van der Waals surface area contributed by atoms with Gasteiger partial charge in [-0.15, -0.1) is 0 Å². The minimum atomic E-state index is 1.25. The molecule has 0 rings (SSSR count). The largest absolute Gasteiger partial charge is 0.335 e. The number of nitrogens with one attached hydrogen (secondary N) is 1. The van der Waals surface area contributed by atoms with E-state index >= 15 is 0 Å². The van der Waals surface area contributed by atoms with Gasteiger partial charge >= 0.3 is 0 Å². The van der Waals surface area contributed by atoms with Gasteiger partial charge in [0.1, 0.15) is 0 Å². The molecule has 0 aromatic heterocycles. The quantitative estimate of drug-likeness (QED) is 0.650. The van der Waals surface area contributed by atoms with Gasteiger partial charge in [0.05, 0.1) is 19.6 Å². The Morgan fingerprint density at radius 1 is 0.588 bits per heavy atom. The van der Waals surface area contributed by atoms with Gasteiger partial charge in [0.25, 0.3) is 0 Å². The van der Waals surface area contributed by atoms with Crippen LogP contribution in [0, 0.1) is 0 Å². The second-order valence-corrected chi connectivity index (χ2v) is 4.41. The maximum atomic E-state index is 2.29. The Bertz CT molecular complexity index is 83.5. The molecule has 108 valence electrons. The van der Waals surface area contributed by atoms with E-state index in [-0.39, 0.29) is 0 Å². The van der Waals surface area contributed by atoms with Crippen molar-refractivity contribution in [1.29, 1.82) is 0 Å². The zero-order chi connectivity index (χ0) is 13.9. The van der Waals surface area contributed by atoms with Crippen molar-refractivity contribution in [3.63, 3.8) is 0 Å². The molecule has 0 atom stereocenters. The average Bonchev–Trinajstić information content (AvgIpc) is 2.36. The van der Waals surface area contributed by atoms with Crippen LogP contribution in [0.5, 0.6) is 0 Å². The summed E-state index contributed by atoms with van der Waals surface area (Å²) in [5, 5.41) is 0. The molecule has 0 bridgehead atoms. The highest BCUT2D eigenvalue weighted by molar-refractivity contribution is 4.35. The maximum Gasteiger partial charge on any atom is 0.0770 e. The lowest BCUT2D eigenvalue weighted by molar-refractivity contribution is -0.900. The van der Waals surface area contributed by atoms with E-state index in [1.165, 1.54) is 58.2 Å². The summed E-state index contributed by atoms with van der Waals surface area (Å²) in [6.07, 6.45) is 8.08. The first kappa shape index (κ1) is 22.2. The van der Waals surface area contributed by atoms with Crippen molar-refractivity contribution in [2.75, 3.05) is 19.6 Å². The van der Waals surface area contributed by atoms with E-state index in [9.17, 15) is 0 Å². The van der Waals surface area contributed by atoms with Crippen molar-refractivity contribution in [2.45, 2.75) is 87.0 Å². The lowest BCUT2D eigenvalue weighted by Gasteiger charge is -2.17. The molecule has 0 saturated heterocycles. The Balaban J connectivity index is -0.000000337. The SMILES string of the molecule is CC.CCC.CCCC[NH+](CCC)CCCC. The predicted octanol–water partition coefficient (Wildman–Crippen LogP) is 4.32. The Morgan fingerprint density at radius 2 is 0.941 bits per heavy atom. The fraction of sp³-hybridized carbons (Fsp3) is 1.00. The second kappa shape index (κ2) is 25.0. The summed E-state index contributed by atoms with van der Waals surface area (Å²) >= 11 is 0. The van der Waals surface area contributed by atoms with Crippen molar-refractivity contribution in [3.05, 3.63) is 0 Å². The van der Waals surface area contributed by atoms with Gasteiger partial charge in [0.15, 0.2) is 0 Å². The topological polar surface area (TPSA) is 4.44 Å². The molecule has 0 fully saturated rings. The molecule has 17 heavy (non-hydrogen) atoms. The molecule has 0 radical (unpaired) electrons. The number of hydrogen-bond donors (Lipinski definition) is 1. The summed E-state index contributed by atoms with van der Waals surface area (Å²) < 4.78 is 0. The molecule has 0 amide bonds. The van der Waals surface area contributed by atoms with Gasteiger partial charge in [-0.25, -0.2) is 0 Å². The molecule has 1 N–H and O–H groups in total. The second-order valence-electron chi connectivity index (χ2n) is 4.41. The van der Waals surface area contributed by atoms with E-state index in [4.69, 9.17) is 0 Å². The lowest BCUT2D eigenvalue weighted by atomic mass is 10.2. The van der Waals surface area contributed by atoms with E-state index in [2.05, 4.69) is 34.6 Å². The summed E-state index contributed by atoms with van der Waals surface area (Å²) in [5.41, 5.74) is 0. The van der Waals surface area contributed by atoms with Crippen molar-refractivity contribution in [1.82, 2.24) is 0 Å². The molecule has 0 aliphatic rings. The molecule has 0 spiro atoms. The van der Waals surface area contributed by atoms with Crippen molar-refractivity contribution >= 4 is 0 Å². The molecule has 0 aliphatic heterocycles. The van der Waals surface area contributed by atoms with E-state index in [0.717, 1.165) is 0 Å². The molecule has 0 aromatic carbocycles. The van der Waals surface area contributed by atoms with E-state index in [0.29, 0.717) is 0 Å². The molecule has 0 aliphatic carbocycles. The fourth-order valence-electron chi connectivity index (χ4n) is 1.58. The third-order valence-corrected chi connectivity index (χ3v) is 2.37. The van der Waals surface area contributed by atoms with E-state index < -0.39 is 0 Å². The van der Waals surface area contributed by atoms with Crippen molar-refractivity contribution in [3.8, 4) is 0 Å². The summed E-state index contributed by atoms with van der Waals surface area (Å²) in [6, 6.07) is 0. The Morgan fingerprint density at radius 3 is 1.18 bits per heavy atom. The van der Waals surface area contributed by atoms with Crippen LogP contribution >= 0.6 is 0 Å². The van der Waals surface area contributed by atoms with E-state index in [1.54, 1.807) is 0 Å². The Kier molecular flexibility index (Phi) is 32.6. The number of hydrogen-bond acceptors (Lipinski definition) is 0. The Labute approximate surface area is 112 Å². The Hall–Kier alpha value is -0.0400. The first-order chi connectivity index (χ1) is 8.26. The first-order valence-corrected chi connectivity index (χ1v) is 8.10. The van der Waals surface area contributed by atoms with Gasteiger partial charge in [0, 0.05) is 0 Å². The highest BCUT2D eigenvalue weighted by atomic mass is 15.1. The van der Waals surface area contributed by atoms with Gasteiger partial charge in [-0.1, -0.05) is 67.7 Å². The van der Waals surface area contributed by atoms with Gasteiger partial charge in [-0.3, -0.25) is 0 Å². The van der Waals surface area contributed by atoms with Gasteiger partial charge in [0.2, 0.25) is 0 Å². The molecule has 1 heteroatoms. The molecular formula is C16H40N+. The maximum absolute atomic E-state index is 2.29. The zero-order valence-electron chi connectivity index (χ0n) is 13.9. The molecule has 1 nitrogen and oxygen atoms in total. The van der Waals surface area contributed by atoms with Crippen LogP contribution in [0.1, 0.15) is 87.0 Å². The van der Waals surface area contributed by atoms with Crippen LogP contribution in [0.4, 0.5) is 0 Å². The summed E-state index contributed by atoms with van der Waals surface area (Å²) in [7, 11) is 0. The van der Waals surface area contributed by atoms with Crippen LogP contribution in [0.3, 0.4) is 0 Å². The third kappa shape index (κ3) is 25.9. The number of unbranched alkanes of at least 4 members (excludes halogenated alkanes) is 2. The van der Waals surface area contributed by atoms with Gasteiger partial charge < -0.3 is 4.90 Å². The fourth-order valence-corrected chi connectivity index (χ4v) is 1.58. The van der Waals surface area contributed by atoms with Crippen LogP contribution in [0.2, 0.25) is 0 Å². The van der Waals surface area contributed by atoms with Crippen molar-refractivity contribution in [2.24, 2.45) is 0 Å². The zero-order valence-corrected chi connectivity index (χ0v) is 13.9. The van der Waals surface area contributed by atoms with Crippen LogP contribution in [-0.4, -0.2) is 19.6 Å². The molecule has 0 aromatic rings. The molecule has 0 unspecified atom stereocenters. The summed E-state index contributed by atoms with van der Waals surface area (Å²) in [5.74, 6) is 0. The number of quaternary nitrogens is 1. The lowest BCUT2D eigenvalue weighted by Crippen LogP contribution is -3.12. The van der Waals surface area contributed by atoms with E-state index in [1.807, 2.05) is 18.7 Å². The molecular weight excluding hydrogens is 206 g/mol. The van der Waals surface area contributed by atoms with Crippen LogP contribution < -0.4 is 4.90 Å². The van der Waals surface area contributed by atoms with Gasteiger partial charge in [-0.05, 0) is 19.3 Å². The molecule has 0 heterocycles. The minimum absolute atomic E-state index is 1.25. The highest BCUT2D eigenvalue weighted by Gasteiger charge is 2.04. The third-order valence-electron chi connectivity index (χ3n) is 2.37. The van der Waals surface area contributed by atoms with Gasteiger partial charge in [-0.2, -0.15) is 0 Å². The van der Waals surface area contributed by atoms with Crippen LogP contribution in [-0.2, 0) is 0 Å². The first-order valence-electron chi connectivity index (χ1n) is 8.10. The van der Waals surface area contributed by atoms with Crippen molar-refractivity contribution < 1.29 is 4.90 Å². The summed E-state index contributed by atoms with van der Waals surface area (Å²) in [4.78, 5) is 1.82. The standard InChI is InChI=1S/C11H25N.C3H8.C2H6/c1-4-7-10-12(9-6-3)11-8-5-2;1-3-2;1-2/h4-11H2,1-3H3;3H2,1-2H3;1-2H3/p+1. The normalized spacial score (nSPS) is 9.18. The van der Waals surface area contributed by atoms with Crippen LogP contribution in [0.25, 0.3) is 0 Å². The minimum Gasteiger partial charge on any atom is -0.335 e. The smallest absolute Gasteiger partial charge is 0.0770 e. The number of rotatable bonds is 8.